The van der Waals surface area contributed by atoms with E-state index in [1.54, 1.807) is 54.9 Å². The average molecular weight is 645 g/mol. The average Bonchev–Trinajstić information content (AvgIpc) is 3.56. The molecule has 1 saturated carbocycles. The Labute approximate surface area is 256 Å². The molecule has 0 spiro atoms. The number of carboxylic acid groups (broad SMARTS) is 1. The molecule has 2 N–H and O–H groups in total. The number of sulfonamides is 1. The summed E-state index contributed by atoms with van der Waals surface area (Å²) >= 11 is 0. The Morgan fingerprint density at radius 3 is 2.38 bits per heavy atom. The fourth-order valence-electron chi connectivity index (χ4n) is 5.66. The Morgan fingerprint density at radius 1 is 1.02 bits per heavy atom. The molecule has 5 rings (SSSR count). The number of rotatable bonds is 8. The molecule has 3 aromatic carbocycles. The van der Waals surface area contributed by atoms with Crippen LogP contribution in [0.3, 0.4) is 0 Å². The van der Waals surface area contributed by atoms with Gasteiger partial charge in [0.05, 0.1) is 39.4 Å². The number of nitrogens with one attached hydrogen (secondary N) is 1. The van der Waals surface area contributed by atoms with Crippen LogP contribution >= 0.6 is 0 Å². The maximum atomic E-state index is 14.4. The highest BCUT2D eigenvalue weighted by atomic mass is 32.2. The monoisotopic (exact) mass is 644 g/mol. The van der Waals surface area contributed by atoms with E-state index in [0.717, 1.165) is 10.4 Å². The maximum Gasteiger partial charge on any atom is 0.416 e. The van der Waals surface area contributed by atoms with Crippen molar-refractivity contribution in [1.29, 1.82) is 0 Å². The van der Waals surface area contributed by atoms with Crippen molar-refractivity contribution in [3.63, 3.8) is 0 Å². The van der Waals surface area contributed by atoms with Crippen molar-refractivity contribution in [2.24, 2.45) is 11.8 Å². The number of alkyl halides is 3. The highest BCUT2D eigenvalue weighted by molar-refractivity contribution is 7.92. The number of hydrogen-bond donors (Lipinski definition) is 2. The third kappa shape index (κ3) is 6.55. The highest BCUT2D eigenvalue weighted by Gasteiger charge is 2.43. The number of nitrogens with zero attached hydrogens (tertiary/aromatic N) is 3. The molecule has 1 heterocycles. The second-order valence-corrected chi connectivity index (χ2v) is 12.7. The van der Waals surface area contributed by atoms with E-state index in [-0.39, 0.29) is 17.4 Å². The van der Waals surface area contributed by atoms with Gasteiger partial charge in [-0.1, -0.05) is 24.6 Å². The van der Waals surface area contributed by atoms with Crippen molar-refractivity contribution in [2.75, 3.05) is 16.7 Å². The third-order valence-electron chi connectivity index (χ3n) is 8.00. The summed E-state index contributed by atoms with van der Waals surface area (Å²) in [6, 6.07) is 16.0. The minimum absolute atomic E-state index is 0.0404. The first-order valence-electron chi connectivity index (χ1n) is 13.9. The van der Waals surface area contributed by atoms with Crippen LogP contribution < -0.4 is 9.62 Å². The molecule has 1 fully saturated rings. The Kier molecular flexibility index (Phi) is 8.70. The van der Waals surface area contributed by atoms with Crippen LogP contribution in [0, 0.1) is 17.7 Å². The number of benzene rings is 3. The van der Waals surface area contributed by atoms with Crippen LogP contribution in [0.2, 0.25) is 0 Å². The minimum Gasteiger partial charge on any atom is -0.481 e. The van der Waals surface area contributed by atoms with E-state index in [9.17, 15) is 40.7 Å². The Hall–Kier alpha value is -4.72. The fourth-order valence-corrected chi connectivity index (χ4v) is 6.90. The summed E-state index contributed by atoms with van der Waals surface area (Å²) < 4.78 is 82.6. The molecule has 0 bridgehead atoms. The highest BCUT2D eigenvalue weighted by Crippen LogP contribution is 2.43. The summed E-state index contributed by atoms with van der Waals surface area (Å²) in [5.74, 6) is -6.30. The molecule has 3 atom stereocenters. The van der Waals surface area contributed by atoms with Gasteiger partial charge in [-0.05, 0) is 78.9 Å². The normalized spacial score (nSPS) is 18.7. The SMILES string of the molecule is CN(c1ccc([C@H]2CCC[C@@H](C(=O)Nc3ccc(C(F)(F)F)cc3F)[C@@H]2C(=O)O)cc1)S(=O)(=O)c1cccc(-n2cccn2)c1. The van der Waals surface area contributed by atoms with Gasteiger partial charge in [0, 0.05) is 19.4 Å². The van der Waals surface area contributed by atoms with Crippen LogP contribution in [-0.4, -0.2) is 42.2 Å². The zero-order valence-electron chi connectivity index (χ0n) is 23.8. The first-order valence-corrected chi connectivity index (χ1v) is 15.3. The van der Waals surface area contributed by atoms with Gasteiger partial charge in [-0.3, -0.25) is 13.9 Å². The van der Waals surface area contributed by atoms with Gasteiger partial charge in [0.1, 0.15) is 5.82 Å². The van der Waals surface area contributed by atoms with Crippen LogP contribution in [0.25, 0.3) is 5.69 Å². The lowest BCUT2D eigenvalue weighted by Crippen LogP contribution is -2.40. The van der Waals surface area contributed by atoms with E-state index in [4.69, 9.17) is 0 Å². The first-order chi connectivity index (χ1) is 21.3. The second kappa shape index (κ2) is 12.3. The summed E-state index contributed by atoms with van der Waals surface area (Å²) in [7, 11) is -2.58. The van der Waals surface area contributed by atoms with Gasteiger partial charge in [0.2, 0.25) is 5.91 Å². The van der Waals surface area contributed by atoms with Crippen LogP contribution in [0.1, 0.15) is 36.3 Å². The van der Waals surface area contributed by atoms with Crippen LogP contribution in [0.4, 0.5) is 28.9 Å². The van der Waals surface area contributed by atoms with Gasteiger partial charge in [0.25, 0.3) is 10.0 Å². The molecule has 1 aromatic heterocycles. The molecule has 0 saturated heterocycles. The van der Waals surface area contributed by atoms with Crippen LogP contribution in [0.15, 0.2) is 90.1 Å². The predicted octanol–water partition coefficient (Wildman–Crippen LogP) is 6.08. The van der Waals surface area contributed by atoms with Gasteiger partial charge in [0.15, 0.2) is 0 Å². The van der Waals surface area contributed by atoms with Crippen molar-refractivity contribution in [3.8, 4) is 5.69 Å². The molecular weight excluding hydrogens is 616 g/mol. The predicted molar refractivity (Wildman–Crippen MR) is 157 cm³/mol. The standard InChI is InChI=1S/C31H28F4N4O5S/c1-38(45(43,44)23-6-2-5-22(18-23)39-16-4-15-36-39)21-12-9-19(10-13-21)24-7-3-8-25(28(24)30(41)42)29(40)37-27-14-11-20(17-26(27)32)31(33,34)35/h2,4-6,9-18,24-25,28H,3,7-8H2,1H3,(H,37,40)(H,41,42)/t24-,25-,28-/m1/s1. The number of carboxylic acids is 1. The van der Waals surface area contributed by atoms with Crippen molar-refractivity contribution < 1.29 is 40.7 Å². The van der Waals surface area contributed by atoms with Crippen molar-refractivity contribution in [1.82, 2.24) is 9.78 Å². The fraction of sp³-hybridized carbons (Fsp3) is 0.258. The molecule has 0 aliphatic heterocycles. The van der Waals surface area contributed by atoms with Gasteiger partial charge < -0.3 is 10.4 Å². The van der Waals surface area contributed by atoms with Gasteiger partial charge in [-0.25, -0.2) is 17.5 Å². The smallest absolute Gasteiger partial charge is 0.416 e. The molecule has 9 nitrogen and oxygen atoms in total. The van der Waals surface area contributed by atoms with E-state index in [1.807, 2.05) is 0 Å². The largest absolute Gasteiger partial charge is 0.481 e. The summed E-state index contributed by atoms with van der Waals surface area (Å²) in [6.45, 7) is 0. The number of amides is 1. The van der Waals surface area contributed by atoms with Crippen LogP contribution in [0.5, 0.6) is 0 Å². The molecule has 45 heavy (non-hydrogen) atoms. The number of anilines is 2. The second-order valence-electron chi connectivity index (χ2n) is 10.7. The van der Waals surface area contributed by atoms with Gasteiger partial charge in [-0.15, -0.1) is 0 Å². The quantitative estimate of drug-likeness (QED) is 0.224. The number of carbonyl (C=O) groups excluding carboxylic acids is 1. The van der Waals surface area contributed by atoms with Crippen LogP contribution in [-0.2, 0) is 25.8 Å². The number of aliphatic carboxylic acids is 1. The number of hydrogen-bond acceptors (Lipinski definition) is 5. The van der Waals surface area contributed by atoms with Gasteiger partial charge >= 0.3 is 12.1 Å². The molecule has 1 aliphatic carbocycles. The Bertz CT molecular complexity index is 1810. The Morgan fingerprint density at radius 2 is 1.76 bits per heavy atom. The summed E-state index contributed by atoms with van der Waals surface area (Å²) in [5, 5.41) is 16.5. The molecule has 0 radical (unpaired) electrons. The van der Waals surface area contributed by atoms with E-state index in [1.165, 1.54) is 23.9 Å². The topological polar surface area (TPSA) is 122 Å². The Balaban J connectivity index is 1.34. The van der Waals surface area contributed by atoms with E-state index in [0.29, 0.717) is 35.8 Å². The molecule has 0 unspecified atom stereocenters. The summed E-state index contributed by atoms with van der Waals surface area (Å²) in [4.78, 5) is 25.6. The maximum absolute atomic E-state index is 14.4. The molecule has 4 aromatic rings. The molecule has 236 valence electrons. The number of carbonyl (C=O) groups is 2. The van der Waals surface area contributed by atoms with E-state index < -0.39 is 62.9 Å². The summed E-state index contributed by atoms with van der Waals surface area (Å²) in [6.07, 6.45) is -0.449. The van der Waals surface area contributed by atoms with E-state index >= 15 is 0 Å². The zero-order valence-corrected chi connectivity index (χ0v) is 24.6. The first kappa shape index (κ1) is 31.7. The minimum atomic E-state index is -4.77. The molecule has 1 amide bonds. The van der Waals surface area contributed by atoms with E-state index in [2.05, 4.69) is 10.4 Å². The lowest BCUT2D eigenvalue weighted by atomic mass is 9.69. The number of halogens is 4. The van der Waals surface area contributed by atoms with Crippen molar-refractivity contribution >= 4 is 33.3 Å². The number of aromatic nitrogens is 2. The lowest BCUT2D eigenvalue weighted by molar-refractivity contribution is -0.148. The zero-order chi connectivity index (χ0) is 32.5. The van der Waals surface area contributed by atoms with Crippen molar-refractivity contribution in [2.45, 2.75) is 36.3 Å². The van der Waals surface area contributed by atoms with Crippen molar-refractivity contribution in [3.05, 3.63) is 102 Å². The molecule has 1 aliphatic rings. The van der Waals surface area contributed by atoms with Gasteiger partial charge in [-0.2, -0.15) is 18.3 Å². The lowest BCUT2D eigenvalue weighted by Gasteiger charge is -2.35. The third-order valence-corrected chi connectivity index (χ3v) is 9.78. The molecular formula is C31H28F4N4O5S. The summed E-state index contributed by atoms with van der Waals surface area (Å²) in [5.41, 5.74) is -0.262. The molecule has 14 heteroatoms.